The van der Waals surface area contributed by atoms with Crippen LogP contribution in [0.5, 0.6) is 5.88 Å². The van der Waals surface area contributed by atoms with Crippen LogP contribution in [0.3, 0.4) is 0 Å². The van der Waals surface area contributed by atoms with Crippen molar-refractivity contribution in [3.8, 4) is 5.88 Å². The normalized spacial score (nSPS) is 18.8. The molecule has 6 heteroatoms. The lowest BCUT2D eigenvalue weighted by atomic mass is 10.2. The van der Waals surface area contributed by atoms with E-state index >= 15 is 0 Å². The highest BCUT2D eigenvalue weighted by Gasteiger charge is 2.13. The molecular weight excluding hydrogens is 248 g/mol. The molecule has 1 N–H and O–H groups in total. The molecule has 0 saturated carbocycles. The zero-order valence-electron chi connectivity index (χ0n) is 10.7. The molecule has 0 aliphatic carbocycles. The first-order chi connectivity index (χ1) is 9.38. The third kappa shape index (κ3) is 4.84. The molecular formula is C13H18N2O4. The number of aromatic nitrogens is 1. The predicted octanol–water partition coefficient (Wildman–Crippen LogP) is 1.57. The molecule has 6 nitrogen and oxygen atoms in total. The average molecular weight is 266 g/mol. The van der Waals surface area contributed by atoms with Gasteiger partial charge in [-0.15, -0.1) is 0 Å². The maximum absolute atomic E-state index is 10.3. The number of carbonyl (C=O) groups is 1. The number of hydrogen-bond donors (Lipinski definition) is 1. The number of nitrogens with one attached hydrogen (secondary N) is 1. The number of anilines is 1. The van der Waals surface area contributed by atoms with Crippen molar-refractivity contribution in [2.24, 2.45) is 0 Å². The lowest BCUT2D eigenvalue weighted by molar-refractivity contribution is -0.165. The van der Waals surface area contributed by atoms with Gasteiger partial charge in [-0.2, -0.15) is 4.98 Å². The first-order valence-electron chi connectivity index (χ1n) is 6.42. The summed E-state index contributed by atoms with van der Waals surface area (Å²) in [6.07, 6.45) is 3.67. The Bertz CT molecular complexity index is 394. The van der Waals surface area contributed by atoms with Crippen LogP contribution in [-0.4, -0.2) is 37.5 Å². The van der Waals surface area contributed by atoms with Gasteiger partial charge in [-0.25, -0.2) is 0 Å². The van der Waals surface area contributed by atoms with E-state index in [0.717, 1.165) is 25.9 Å². The molecule has 1 unspecified atom stereocenters. The third-order valence-corrected chi connectivity index (χ3v) is 2.71. The minimum Gasteiger partial charge on any atom is -0.475 e. The Morgan fingerprint density at radius 2 is 2.37 bits per heavy atom. The van der Waals surface area contributed by atoms with Crippen LogP contribution in [0.15, 0.2) is 18.2 Å². The van der Waals surface area contributed by atoms with E-state index in [-0.39, 0.29) is 6.29 Å². The fourth-order valence-corrected chi connectivity index (χ4v) is 1.80. The van der Waals surface area contributed by atoms with E-state index in [1.165, 1.54) is 0 Å². The lowest BCUT2D eigenvalue weighted by Gasteiger charge is -2.22. The van der Waals surface area contributed by atoms with Crippen LogP contribution in [0.4, 0.5) is 5.82 Å². The Hall–Kier alpha value is -1.66. The van der Waals surface area contributed by atoms with Crippen molar-refractivity contribution in [3.63, 3.8) is 0 Å². The van der Waals surface area contributed by atoms with Crippen LogP contribution in [0.2, 0.25) is 0 Å². The maximum atomic E-state index is 10.3. The SMILES string of the molecule is O=CNc1cccc(OCCOC2CCCCO2)n1. The first-order valence-corrected chi connectivity index (χ1v) is 6.42. The summed E-state index contributed by atoms with van der Waals surface area (Å²) in [7, 11) is 0. The van der Waals surface area contributed by atoms with Gasteiger partial charge in [0.25, 0.3) is 0 Å². The van der Waals surface area contributed by atoms with Gasteiger partial charge in [0.15, 0.2) is 6.29 Å². The van der Waals surface area contributed by atoms with Gasteiger partial charge in [-0.05, 0) is 25.3 Å². The van der Waals surface area contributed by atoms with Gasteiger partial charge in [-0.3, -0.25) is 4.79 Å². The fraction of sp³-hybridized carbons (Fsp3) is 0.538. The maximum Gasteiger partial charge on any atom is 0.215 e. The molecule has 1 aliphatic heterocycles. The molecule has 2 heterocycles. The van der Waals surface area contributed by atoms with E-state index in [1.54, 1.807) is 18.2 Å². The van der Waals surface area contributed by atoms with Crippen LogP contribution in [-0.2, 0) is 14.3 Å². The molecule has 0 aromatic carbocycles. The summed E-state index contributed by atoms with van der Waals surface area (Å²) in [4.78, 5) is 14.4. The number of ether oxygens (including phenoxy) is 3. The summed E-state index contributed by atoms with van der Waals surface area (Å²) in [6, 6.07) is 5.18. The van der Waals surface area contributed by atoms with Crippen molar-refractivity contribution >= 4 is 12.2 Å². The number of pyridine rings is 1. The van der Waals surface area contributed by atoms with Crippen molar-refractivity contribution in [1.82, 2.24) is 4.98 Å². The fourth-order valence-electron chi connectivity index (χ4n) is 1.80. The second-order valence-electron chi connectivity index (χ2n) is 4.14. The summed E-state index contributed by atoms with van der Waals surface area (Å²) in [6.45, 7) is 1.63. The van der Waals surface area contributed by atoms with Crippen LogP contribution in [0, 0.1) is 0 Å². The van der Waals surface area contributed by atoms with Gasteiger partial charge in [-0.1, -0.05) is 6.07 Å². The summed E-state index contributed by atoms with van der Waals surface area (Å²) < 4.78 is 16.4. The molecule has 1 saturated heterocycles. The van der Waals surface area contributed by atoms with Crippen LogP contribution < -0.4 is 10.1 Å². The summed E-state index contributed by atoms with van der Waals surface area (Å²) >= 11 is 0. The summed E-state index contributed by atoms with van der Waals surface area (Å²) in [5.74, 6) is 0.920. The van der Waals surface area contributed by atoms with E-state index in [1.807, 2.05) is 0 Å². The minimum absolute atomic E-state index is 0.103. The Morgan fingerprint density at radius 3 is 3.16 bits per heavy atom. The highest BCUT2D eigenvalue weighted by molar-refractivity contribution is 5.68. The summed E-state index contributed by atoms with van der Waals surface area (Å²) in [5, 5.41) is 2.47. The molecule has 1 aromatic heterocycles. The van der Waals surface area contributed by atoms with Gasteiger partial charge in [0, 0.05) is 12.7 Å². The van der Waals surface area contributed by atoms with Crippen LogP contribution in [0.1, 0.15) is 19.3 Å². The van der Waals surface area contributed by atoms with Gasteiger partial charge in [0.05, 0.1) is 6.61 Å². The lowest BCUT2D eigenvalue weighted by Crippen LogP contribution is -2.24. The second kappa shape index (κ2) is 7.70. The molecule has 0 bridgehead atoms. The molecule has 1 atom stereocenters. The molecule has 19 heavy (non-hydrogen) atoms. The van der Waals surface area contributed by atoms with Crippen molar-refractivity contribution in [1.29, 1.82) is 0 Å². The highest BCUT2D eigenvalue weighted by Crippen LogP contribution is 2.14. The Kier molecular flexibility index (Phi) is 5.58. The number of carbonyl (C=O) groups excluding carboxylic acids is 1. The zero-order valence-corrected chi connectivity index (χ0v) is 10.7. The van der Waals surface area contributed by atoms with Crippen LogP contribution >= 0.6 is 0 Å². The van der Waals surface area contributed by atoms with E-state index in [4.69, 9.17) is 14.2 Å². The largest absolute Gasteiger partial charge is 0.475 e. The number of nitrogens with zero attached hydrogens (tertiary/aromatic N) is 1. The number of amides is 1. The molecule has 1 aromatic rings. The Labute approximate surface area is 112 Å². The van der Waals surface area contributed by atoms with Gasteiger partial charge >= 0.3 is 0 Å². The number of hydrogen-bond acceptors (Lipinski definition) is 5. The van der Waals surface area contributed by atoms with E-state index in [9.17, 15) is 4.79 Å². The third-order valence-electron chi connectivity index (χ3n) is 2.71. The second-order valence-corrected chi connectivity index (χ2v) is 4.14. The molecule has 0 radical (unpaired) electrons. The van der Waals surface area contributed by atoms with Gasteiger partial charge < -0.3 is 19.5 Å². The highest BCUT2D eigenvalue weighted by atomic mass is 16.7. The van der Waals surface area contributed by atoms with Gasteiger partial charge in [0.2, 0.25) is 12.3 Å². The van der Waals surface area contributed by atoms with Crippen molar-refractivity contribution in [2.45, 2.75) is 25.6 Å². The van der Waals surface area contributed by atoms with E-state index in [2.05, 4.69) is 10.3 Å². The van der Waals surface area contributed by atoms with E-state index < -0.39 is 0 Å². The smallest absolute Gasteiger partial charge is 0.215 e. The Morgan fingerprint density at radius 1 is 1.42 bits per heavy atom. The van der Waals surface area contributed by atoms with Crippen molar-refractivity contribution in [2.75, 3.05) is 25.1 Å². The zero-order chi connectivity index (χ0) is 13.3. The minimum atomic E-state index is -0.103. The molecule has 0 spiro atoms. The predicted molar refractivity (Wildman–Crippen MR) is 69.0 cm³/mol. The number of rotatable bonds is 7. The molecule has 1 fully saturated rings. The van der Waals surface area contributed by atoms with Gasteiger partial charge in [0.1, 0.15) is 12.4 Å². The van der Waals surface area contributed by atoms with Crippen molar-refractivity contribution in [3.05, 3.63) is 18.2 Å². The summed E-state index contributed by atoms with van der Waals surface area (Å²) in [5.41, 5.74) is 0. The topological polar surface area (TPSA) is 69.7 Å². The Balaban J connectivity index is 1.67. The average Bonchev–Trinajstić information content (AvgIpc) is 2.46. The first kappa shape index (κ1) is 13.8. The van der Waals surface area contributed by atoms with Crippen LogP contribution in [0.25, 0.3) is 0 Å². The molecule has 1 amide bonds. The monoisotopic (exact) mass is 266 g/mol. The molecule has 1 aliphatic rings. The standard InChI is InChI=1S/C13H18N2O4/c16-10-14-11-4-3-5-12(15-11)17-8-9-19-13-6-1-2-7-18-13/h3-5,10,13H,1-2,6-9H2,(H,14,15,16). The quantitative estimate of drug-likeness (QED) is 0.599. The molecule has 104 valence electrons. The molecule has 2 rings (SSSR count). The van der Waals surface area contributed by atoms with E-state index in [0.29, 0.717) is 31.3 Å². The van der Waals surface area contributed by atoms with Crippen molar-refractivity contribution < 1.29 is 19.0 Å².